The Hall–Kier alpha value is -4.08. The van der Waals surface area contributed by atoms with Crippen molar-refractivity contribution >= 4 is 23.1 Å². The quantitative estimate of drug-likeness (QED) is 0.492. The van der Waals surface area contributed by atoms with E-state index in [1.165, 1.54) is 16.6 Å². The van der Waals surface area contributed by atoms with Gasteiger partial charge in [-0.2, -0.15) is 5.10 Å². The summed E-state index contributed by atoms with van der Waals surface area (Å²) in [5, 5.41) is 16.3. The van der Waals surface area contributed by atoms with Gasteiger partial charge in [-0.25, -0.2) is 13.9 Å². The van der Waals surface area contributed by atoms with E-state index < -0.39 is 5.91 Å². The molecule has 1 aromatic carbocycles. The molecule has 158 valence electrons. The van der Waals surface area contributed by atoms with Gasteiger partial charge in [0.15, 0.2) is 17.5 Å². The van der Waals surface area contributed by atoms with Crippen molar-refractivity contribution in [2.24, 2.45) is 5.73 Å². The second-order valence-corrected chi connectivity index (χ2v) is 7.22. The third-order valence-corrected chi connectivity index (χ3v) is 4.75. The lowest BCUT2D eigenvalue weighted by molar-refractivity contribution is 0.0993. The number of nitrogens with zero attached hydrogens (tertiary/aromatic N) is 6. The van der Waals surface area contributed by atoms with Gasteiger partial charge in [-0.05, 0) is 36.8 Å². The molecule has 0 radical (unpaired) electrons. The van der Waals surface area contributed by atoms with Gasteiger partial charge in [0.25, 0.3) is 5.91 Å². The normalized spacial score (nSPS) is 11.0. The number of hydrogen-bond donors (Lipinski definition) is 2. The molecule has 0 unspecified atom stereocenters. The number of anilines is 2. The number of primary amides is 1. The van der Waals surface area contributed by atoms with Crippen LogP contribution in [-0.4, -0.2) is 44.8 Å². The maximum absolute atomic E-state index is 13.5. The molecular formula is C21H21FN8O. The van der Waals surface area contributed by atoms with Gasteiger partial charge < -0.3 is 16.0 Å². The molecule has 3 aromatic heterocycles. The zero-order chi connectivity index (χ0) is 22.1. The summed E-state index contributed by atoms with van der Waals surface area (Å²) in [5.74, 6) is 0.484. The Morgan fingerprint density at radius 1 is 1.19 bits per heavy atom. The molecular weight excluding hydrogens is 399 g/mol. The molecule has 0 bridgehead atoms. The van der Waals surface area contributed by atoms with Crippen LogP contribution in [0.1, 0.15) is 21.7 Å². The van der Waals surface area contributed by atoms with E-state index in [2.05, 4.69) is 25.6 Å². The fourth-order valence-corrected chi connectivity index (χ4v) is 3.33. The Kier molecular flexibility index (Phi) is 5.20. The number of nitrogens with two attached hydrogens (primary N) is 1. The van der Waals surface area contributed by atoms with E-state index in [1.807, 2.05) is 26.2 Å². The van der Waals surface area contributed by atoms with Crippen molar-refractivity contribution in [2.75, 3.05) is 24.3 Å². The predicted molar refractivity (Wildman–Crippen MR) is 115 cm³/mol. The molecule has 0 aliphatic carbocycles. The van der Waals surface area contributed by atoms with Crippen LogP contribution < -0.4 is 16.0 Å². The number of amides is 1. The van der Waals surface area contributed by atoms with Crippen LogP contribution in [0.3, 0.4) is 0 Å². The average Bonchev–Trinajstić information content (AvgIpc) is 3.07. The van der Waals surface area contributed by atoms with E-state index in [-0.39, 0.29) is 11.5 Å². The maximum Gasteiger partial charge on any atom is 0.267 e. The number of hydrogen-bond acceptors (Lipinski definition) is 7. The topological polar surface area (TPSA) is 114 Å². The monoisotopic (exact) mass is 420 g/mol. The fourth-order valence-electron chi connectivity index (χ4n) is 3.33. The molecule has 0 fully saturated rings. The Morgan fingerprint density at radius 3 is 2.68 bits per heavy atom. The molecule has 3 heterocycles. The number of nitrogens with one attached hydrogen (secondary N) is 1. The first-order valence-corrected chi connectivity index (χ1v) is 9.54. The van der Waals surface area contributed by atoms with E-state index in [1.54, 1.807) is 30.0 Å². The van der Waals surface area contributed by atoms with Gasteiger partial charge in [-0.1, -0.05) is 18.2 Å². The summed E-state index contributed by atoms with van der Waals surface area (Å²) >= 11 is 0. The summed E-state index contributed by atoms with van der Waals surface area (Å²) in [5.41, 5.74) is 8.42. The minimum absolute atomic E-state index is 0.258. The highest BCUT2D eigenvalue weighted by Crippen LogP contribution is 2.29. The van der Waals surface area contributed by atoms with Crippen LogP contribution in [0.5, 0.6) is 0 Å². The van der Waals surface area contributed by atoms with E-state index in [0.29, 0.717) is 40.8 Å². The second kappa shape index (κ2) is 7.98. The molecule has 0 saturated carbocycles. The smallest absolute Gasteiger partial charge is 0.267 e. The number of benzene rings is 1. The van der Waals surface area contributed by atoms with Crippen LogP contribution in [0.25, 0.3) is 16.9 Å². The molecule has 1 amide bonds. The third-order valence-electron chi connectivity index (χ3n) is 4.75. The molecule has 4 rings (SSSR count). The molecule has 0 saturated heterocycles. The SMILES string of the molecule is Cc1nn2c(C(N)=O)cccc2c1-c1nnc(N(C)C)c(NCc2cccc(F)c2)n1. The third kappa shape index (κ3) is 3.87. The number of aryl methyl sites for hydroxylation is 1. The van der Waals surface area contributed by atoms with Gasteiger partial charge in [0.05, 0.1) is 16.8 Å². The lowest BCUT2D eigenvalue weighted by atomic mass is 10.2. The van der Waals surface area contributed by atoms with Crippen LogP contribution in [0, 0.1) is 12.7 Å². The van der Waals surface area contributed by atoms with Crippen molar-refractivity contribution in [3.8, 4) is 11.4 Å². The minimum atomic E-state index is -0.584. The Balaban J connectivity index is 1.78. The lowest BCUT2D eigenvalue weighted by Crippen LogP contribution is -2.17. The Bertz CT molecular complexity index is 1280. The highest BCUT2D eigenvalue weighted by molar-refractivity contribution is 5.93. The van der Waals surface area contributed by atoms with Crippen molar-refractivity contribution in [3.63, 3.8) is 0 Å². The first-order chi connectivity index (χ1) is 14.8. The van der Waals surface area contributed by atoms with Gasteiger partial charge in [0, 0.05) is 20.6 Å². The van der Waals surface area contributed by atoms with Gasteiger partial charge in [0.2, 0.25) is 0 Å². The average molecular weight is 420 g/mol. The van der Waals surface area contributed by atoms with Gasteiger partial charge in [-0.3, -0.25) is 4.79 Å². The first-order valence-electron chi connectivity index (χ1n) is 9.54. The molecule has 0 aliphatic heterocycles. The van der Waals surface area contributed by atoms with E-state index in [9.17, 15) is 9.18 Å². The number of pyridine rings is 1. The summed E-state index contributed by atoms with van der Waals surface area (Å²) in [4.78, 5) is 18.2. The van der Waals surface area contributed by atoms with Crippen LogP contribution in [0.2, 0.25) is 0 Å². The molecule has 0 spiro atoms. The van der Waals surface area contributed by atoms with Crippen molar-refractivity contribution in [1.29, 1.82) is 0 Å². The molecule has 0 aliphatic rings. The lowest BCUT2D eigenvalue weighted by Gasteiger charge is -2.16. The second-order valence-electron chi connectivity index (χ2n) is 7.22. The summed E-state index contributed by atoms with van der Waals surface area (Å²) in [6.45, 7) is 2.16. The summed E-state index contributed by atoms with van der Waals surface area (Å²) in [6, 6.07) is 11.5. The zero-order valence-electron chi connectivity index (χ0n) is 17.3. The van der Waals surface area contributed by atoms with Crippen molar-refractivity contribution < 1.29 is 9.18 Å². The molecule has 4 aromatic rings. The van der Waals surface area contributed by atoms with Gasteiger partial charge in [-0.15, -0.1) is 10.2 Å². The van der Waals surface area contributed by atoms with Crippen LogP contribution in [0.4, 0.5) is 16.0 Å². The highest BCUT2D eigenvalue weighted by atomic mass is 19.1. The molecule has 3 N–H and O–H groups in total. The summed E-state index contributed by atoms with van der Waals surface area (Å²) < 4.78 is 15.0. The molecule has 10 heteroatoms. The number of aromatic nitrogens is 5. The molecule has 31 heavy (non-hydrogen) atoms. The van der Waals surface area contributed by atoms with Gasteiger partial charge in [0.1, 0.15) is 11.5 Å². The maximum atomic E-state index is 13.5. The number of carbonyl (C=O) groups excluding carboxylic acids is 1. The summed E-state index contributed by atoms with van der Waals surface area (Å²) in [6.07, 6.45) is 0. The summed E-state index contributed by atoms with van der Waals surface area (Å²) in [7, 11) is 3.66. The van der Waals surface area contributed by atoms with E-state index in [4.69, 9.17) is 5.73 Å². The number of carbonyl (C=O) groups is 1. The minimum Gasteiger partial charge on any atom is -0.364 e. The predicted octanol–water partition coefficient (Wildman–Crippen LogP) is 2.41. The fraction of sp³-hybridized carbons (Fsp3) is 0.190. The van der Waals surface area contributed by atoms with Crippen LogP contribution in [0.15, 0.2) is 42.5 Å². The van der Waals surface area contributed by atoms with Crippen LogP contribution >= 0.6 is 0 Å². The zero-order valence-corrected chi connectivity index (χ0v) is 17.3. The highest BCUT2D eigenvalue weighted by Gasteiger charge is 2.20. The van der Waals surface area contributed by atoms with E-state index in [0.717, 1.165) is 5.56 Å². The Morgan fingerprint density at radius 2 is 1.97 bits per heavy atom. The number of fused-ring (bicyclic) bond motifs is 1. The first kappa shape index (κ1) is 20.2. The molecule has 9 nitrogen and oxygen atoms in total. The largest absolute Gasteiger partial charge is 0.364 e. The standard InChI is InChI=1S/C21H21FN8O/c1-12-17(15-8-5-9-16(18(23)31)30(15)28-12)19-25-20(21(27-26-19)29(2)3)24-11-13-6-4-7-14(22)10-13/h4-10H,11H2,1-3H3,(H2,23,31)(H,24,25,26). The Labute approximate surface area is 177 Å². The number of rotatable bonds is 6. The van der Waals surface area contributed by atoms with E-state index >= 15 is 0 Å². The molecule has 0 atom stereocenters. The van der Waals surface area contributed by atoms with Crippen molar-refractivity contribution in [1.82, 2.24) is 24.8 Å². The van der Waals surface area contributed by atoms with Crippen molar-refractivity contribution in [2.45, 2.75) is 13.5 Å². The van der Waals surface area contributed by atoms with Crippen LogP contribution in [-0.2, 0) is 6.54 Å². The van der Waals surface area contributed by atoms with Crippen molar-refractivity contribution in [3.05, 3.63) is 65.2 Å². The van der Waals surface area contributed by atoms with Gasteiger partial charge >= 0.3 is 0 Å². The number of halogens is 1.